The number of methoxy groups -OCH3 is 1. The molecule has 0 bridgehead atoms. The molecule has 0 aliphatic heterocycles. The molecule has 0 heterocycles. The Kier molecular flexibility index (Phi) is 9.26. The Bertz CT molecular complexity index is 422. The van der Waals surface area contributed by atoms with Crippen molar-refractivity contribution in [1.29, 1.82) is 0 Å². The number of benzene rings is 1. The maximum absolute atomic E-state index is 5.07. The molecule has 22 heavy (non-hydrogen) atoms. The molecule has 2 N–H and O–H groups in total. The third-order valence-electron chi connectivity index (χ3n) is 3.63. The molecular formula is C17H30N4O. The van der Waals surface area contributed by atoms with E-state index in [2.05, 4.69) is 58.8 Å². The lowest BCUT2D eigenvalue weighted by atomic mass is 10.0. The molecule has 0 radical (unpaired) electrons. The van der Waals surface area contributed by atoms with Crippen molar-refractivity contribution in [3.05, 3.63) is 35.9 Å². The van der Waals surface area contributed by atoms with Gasteiger partial charge >= 0.3 is 0 Å². The summed E-state index contributed by atoms with van der Waals surface area (Å²) >= 11 is 0. The normalized spacial score (nSPS) is 13.2. The molecule has 0 aliphatic carbocycles. The number of ether oxygens (including phenoxy) is 1. The smallest absolute Gasteiger partial charge is 0.191 e. The second-order valence-corrected chi connectivity index (χ2v) is 5.49. The molecule has 0 fully saturated rings. The Hall–Kier alpha value is -1.59. The van der Waals surface area contributed by atoms with E-state index in [1.807, 2.05) is 6.07 Å². The lowest BCUT2D eigenvalue weighted by Crippen LogP contribution is -2.42. The van der Waals surface area contributed by atoms with E-state index >= 15 is 0 Å². The van der Waals surface area contributed by atoms with Gasteiger partial charge in [-0.1, -0.05) is 37.3 Å². The van der Waals surface area contributed by atoms with Crippen LogP contribution in [0.4, 0.5) is 0 Å². The molecule has 1 unspecified atom stereocenters. The zero-order valence-corrected chi connectivity index (χ0v) is 14.3. The van der Waals surface area contributed by atoms with Crippen molar-refractivity contribution >= 4 is 5.96 Å². The fourth-order valence-electron chi connectivity index (χ4n) is 2.09. The van der Waals surface area contributed by atoms with Gasteiger partial charge in [0.1, 0.15) is 0 Å². The minimum Gasteiger partial charge on any atom is -0.383 e. The van der Waals surface area contributed by atoms with E-state index in [9.17, 15) is 0 Å². The van der Waals surface area contributed by atoms with Gasteiger partial charge in [0, 0.05) is 40.3 Å². The zero-order chi connectivity index (χ0) is 16.2. The summed E-state index contributed by atoms with van der Waals surface area (Å²) in [6, 6.07) is 10.5. The third-order valence-corrected chi connectivity index (χ3v) is 3.63. The summed E-state index contributed by atoms with van der Waals surface area (Å²) in [6.45, 7) is 6.60. The van der Waals surface area contributed by atoms with Crippen LogP contribution in [0.5, 0.6) is 0 Å². The molecular weight excluding hydrogens is 276 g/mol. The van der Waals surface area contributed by atoms with Crippen LogP contribution in [-0.2, 0) is 4.74 Å². The number of hydrogen-bond acceptors (Lipinski definition) is 3. The molecule has 0 amide bonds. The van der Waals surface area contributed by atoms with E-state index in [0.29, 0.717) is 5.92 Å². The van der Waals surface area contributed by atoms with Crippen LogP contribution in [0.1, 0.15) is 18.4 Å². The molecule has 124 valence electrons. The highest BCUT2D eigenvalue weighted by Gasteiger charge is 2.06. The van der Waals surface area contributed by atoms with E-state index in [4.69, 9.17) is 4.74 Å². The topological polar surface area (TPSA) is 48.9 Å². The van der Waals surface area contributed by atoms with Crippen molar-refractivity contribution in [2.24, 2.45) is 4.99 Å². The second-order valence-electron chi connectivity index (χ2n) is 5.49. The lowest BCUT2D eigenvalue weighted by molar-refractivity contribution is 0.162. The van der Waals surface area contributed by atoms with E-state index in [0.717, 1.165) is 38.7 Å². The molecule has 5 nitrogen and oxygen atoms in total. The van der Waals surface area contributed by atoms with Gasteiger partial charge in [0.15, 0.2) is 5.96 Å². The molecule has 1 aromatic carbocycles. The molecule has 0 aliphatic rings. The number of aliphatic imine (C=N–C) groups is 1. The summed E-state index contributed by atoms with van der Waals surface area (Å²) in [5.74, 6) is 1.30. The first-order valence-electron chi connectivity index (χ1n) is 7.84. The summed E-state index contributed by atoms with van der Waals surface area (Å²) in [5, 5.41) is 6.72. The van der Waals surface area contributed by atoms with Crippen molar-refractivity contribution in [2.75, 3.05) is 54.0 Å². The molecule has 1 aromatic rings. The van der Waals surface area contributed by atoms with Gasteiger partial charge in [0.25, 0.3) is 0 Å². The number of likely N-dealkylation sites (N-methyl/N-ethyl adjacent to an activating group) is 1. The molecule has 1 atom stereocenters. The first-order chi connectivity index (χ1) is 10.7. The van der Waals surface area contributed by atoms with Gasteiger partial charge in [-0.2, -0.15) is 0 Å². The van der Waals surface area contributed by atoms with E-state index in [1.165, 1.54) is 5.56 Å². The fraction of sp³-hybridized carbons (Fsp3) is 0.588. The third kappa shape index (κ3) is 7.43. The molecule has 0 spiro atoms. The SMILES string of the molecule is CN=C(NCCN(C)CCOC)NCC(C)c1ccccc1. The van der Waals surface area contributed by atoms with Crippen LogP contribution in [0.2, 0.25) is 0 Å². The quantitative estimate of drug-likeness (QED) is 0.537. The summed E-state index contributed by atoms with van der Waals surface area (Å²) in [4.78, 5) is 6.50. The number of guanidine groups is 1. The van der Waals surface area contributed by atoms with E-state index < -0.39 is 0 Å². The average molecular weight is 306 g/mol. The first-order valence-corrected chi connectivity index (χ1v) is 7.84. The van der Waals surface area contributed by atoms with Gasteiger partial charge in [-0.25, -0.2) is 0 Å². The van der Waals surface area contributed by atoms with Gasteiger partial charge in [-0.3, -0.25) is 4.99 Å². The maximum Gasteiger partial charge on any atom is 0.191 e. The van der Waals surface area contributed by atoms with Gasteiger partial charge in [-0.15, -0.1) is 0 Å². The van der Waals surface area contributed by atoms with Crippen molar-refractivity contribution in [3.8, 4) is 0 Å². The highest BCUT2D eigenvalue weighted by Crippen LogP contribution is 2.12. The van der Waals surface area contributed by atoms with Crippen molar-refractivity contribution in [1.82, 2.24) is 15.5 Å². The highest BCUT2D eigenvalue weighted by atomic mass is 16.5. The zero-order valence-electron chi connectivity index (χ0n) is 14.3. The van der Waals surface area contributed by atoms with Crippen molar-refractivity contribution < 1.29 is 4.74 Å². The number of hydrogen-bond donors (Lipinski definition) is 2. The summed E-state index contributed by atoms with van der Waals surface area (Å²) in [5.41, 5.74) is 1.34. The largest absolute Gasteiger partial charge is 0.383 e. The molecule has 1 rings (SSSR count). The summed E-state index contributed by atoms with van der Waals surface area (Å²) < 4.78 is 5.07. The predicted octanol–water partition coefficient (Wildman–Crippen LogP) is 1.53. The minimum atomic E-state index is 0.448. The Balaban J connectivity index is 2.25. The van der Waals surface area contributed by atoms with Crippen LogP contribution in [0.3, 0.4) is 0 Å². The van der Waals surface area contributed by atoms with Crippen LogP contribution in [0.25, 0.3) is 0 Å². The van der Waals surface area contributed by atoms with Gasteiger partial charge in [0.05, 0.1) is 6.61 Å². The van der Waals surface area contributed by atoms with Gasteiger partial charge in [0.2, 0.25) is 0 Å². The average Bonchev–Trinajstić information content (AvgIpc) is 2.56. The minimum absolute atomic E-state index is 0.448. The van der Waals surface area contributed by atoms with Gasteiger partial charge < -0.3 is 20.3 Å². The van der Waals surface area contributed by atoms with Crippen molar-refractivity contribution in [3.63, 3.8) is 0 Å². The lowest BCUT2D eigenvalue weighted by Gasteiger charge is -2.19. The standard InChI is InChI=1S/C17H30N4O/c1-15(16-8-6-5-7-9-16)14-20-17(18-2)19-10-11-21(3)12-13-22-4/h5-9,15H,10-14H2,1-4H3,(H2,18,19,20). The van der Waals surface area contributed by atoms with E-state index in [-0.39, 0.29) is 0 Å². The van der Waals surface area contributed by atoms with E-state index in [1.54, 1.807) is 14.2 Å². The number of nitrogens with one attached hydrogen (secondary N) is 2. The summed E-state index contributed by atoms with van der Waals surface area (Å²) in [6.07, 6.45) is 0. The Labute approximate surface area is 134 Å². The molecule has 5 heteroatoms. The first kappa shape index (κ1) is 18.5. The monoisotopic (exact) mass is 306 g/mol. The molecule has 0 saturated heterocycles. The van der Waals surface area contributed by atoms with Crippen LogP contribution in [0, 0.1) is 0 Å². The Morgan fingerprint density at radius 3 is 2.59 bits per heavy atom. The highest BCUT2D eigenvalue weighted by molar-refractivity contribution is 5.79. The Morgan fingerprint density at radius 1 is 1.23 bits per heavy atom. The summed E-state index contributed by atoms with van der Waals surface area (Å²) in [7, 11) is 5.62. The second kappa shape index (κ2) is 11.0. The van der Waals surface area contributed by atoms with Crippen LogP contribution in [0.15, 0.2) is 35.3 Å². The van der Waals surface area contributed by atoms with Crippen molar-refractivity contribution in [2.45, 2.75) is 12.8 Å². The molecule has 0 aromatic heterocycles. The number of rotatable bonds is 9. The molecule has 0 saturated carbocycles. The number of nitrogens with zero attached hydrogens (tertiary/aromatic N) is 2. The Morgan fingerprint density at radius 2 is 1.95 bits per heavy atom. The van der Waals surface area contributed by atoms with Gasteiger partial charge in [-0.05, 0) is 18.5 Å². The van der Waals surface area contributed by atoms with Crippen LogP contribution >= 0.6 is 0 Å². The fourth-order valence-corrected chi connectivity index (χ4v) is 2.09. The maximum atomic E-state index is 5.07. The predicted molar refractivity (Wildman–Crippen MR) is 93.6 cm³/mol. The van der Waals surface area contributed by atoms with Crippen LogP contribution in [-0.4, -0.2) is 64.9 Å². The van der Waals surface area contributed by atoms with Crippen LogP contribution < -0.4 is 10.6 Å².